The standard InChI is InChI=1S/C18H23NO4S/c1-13-7-5-6-8-15(13)12-24(20,21)19-11-16-10-18(23-4)17(22-3)9-14(16)2/h5-10,19H,11-12H2,1-4H3. The predicted molar refractivity (Wildman–Crippen MR) is 94.9 cm³/mol. The summed E-state index contributed by atoms with van der Waals surface area (Å²) >= 11 is 0. The zero-order chi connectivity index (χ0) is 17.7. The molecule has 0 saturated heterocycles. The molecule has 0 aromatic heterocycles. The van der Waals surface area contributed by atoms with Crippen molar-refractivity contribution in [3.8, 4) is 11.5 Å². The monoisotopic (exact) mass is 349 g/mol. The van der Waals surface area contributed by atoms with Gasteiger partial charge in [0.2, 0.25) is 10.0 Å². The Bertz CT molecular complexity index is 816. The van der Waals surface area contributed by atoms with Crippen molar-refractivity contribution in [2.45, 2.75) is 26.1 Å². The first-order chi connectivity index (χ1) is 11.4. The van der Waals surface area contributed by atoms with Gasteiger partial charge in [0.05, 0.1) is 20.0 Å². The van der Waals surface area contributed by atoms with E-state index in [0.29, 0.717) is 11.5 Å². The third-order valence-corrected chi connectivity index (χ3v) is 5.21. The number of methoxy groups -OCH3 is 2. The minimum absolute atomic E-state index is 0.0357. The van der Waals surface area contributed by atoms with E-state index in [9.17, 15) is 8.42 Å². The van der Waals surface area contributed by atoms with Crippen LogP contribution in [0.1, 0.15) is 22.3 Å². The van der Waals surface area contributed by atoms with Crippen LogP contribution in [-0.4, -0.2) is 22.6 Å². The van der Waals surface area contributed by atoms with Gasteiger partial charge in [0, 0.05) is 6.54 Å². The van der Waals surface area contributed by atoms with E-state index in [0.717, 1.165) is 22.3 Å². The molecule has 0 radical (unpaired) electrons. The first kappa shape index (κ1) is 18.3. The molecule has 0 aliphatic carbocycles. The molecular formula is C18H23NO4S. The Hall–Kier alpha value is -2.05. The average molecular weight is 349 g/mol. The van der Waals surface area contributed by atoms with E-state index < -0.39 is 10.0 Å². The van der Waals surface area contributed by atoms with Gasteiger partial charge in [-0.3, -0.25) is 0 Å². The first-order valence-electron chi connectivity index (χ1n) is 7.59. The van der Waals surface area contributed by atoms with Crippen LogP contribution in [-0.2, 0) is 22.3 Å². The molecule has 6 heteroatoms. The predicted octanol–water partition coefficient (Wildman–Crippen LogP) is 2.94. The molecule has 0 atom stereocenters. The SMILES string of the molecule is COc1cc(C)c(CNS(=O)(=O)Cc2ccccc2C)cc1OC. The van der Waals surface area contributed by atoms with E-state index >= 15 is 0 Å². The second-order valence-electron chi connectivity index (χ2n) is 5.64. The molecule has 0 aliphatic rings. The van der Waals surface area contributed by atoms with Gasteiger partial charge in [-0.2, -0.15) is 0 Å². The lowest BCUT2D eigenvalue weighted by atomic mass is 10.1. The molecule has 24 heavy (non-hydrogen) atoms. The Morgan fingerprint density at radius 1 is 0.917 bits per heavy atom. The summed E-state index contributed by atoms with van der Waals surface area (Å²) in [6, 6.07) is 11.1. The Morgan fingerprint density at radius 3 is 2.17 bits per heavy atom. The lowest BCUT2D eigenvalue weighted by Gasteiger charge is -2.14. The number of ether oxygens (including phenoxy) is 2. The first-order valence-corrected chi connectivity index (χ1v) is 9.25. The van der Waals surface area contributed by atoms with E-state index in [1.807, 2.05) is 44.2 Å². The van der Waals surface area contributed by atoms with Gasteiger partial charge in [-0.15, -0.1) is 0 Å². The zero-order valence-electron chi connectivity index (χ0n) is 14.4. The number of aryl methyl sites for hydroxylation is 2. The summed E-state index contributed by atoms with van der Waals surface area (Å²) in [6.45, 7) is 4.02. The lowest BCUT2D eigenvalue weighted by molar-refractivity contribution is 0.354. The summed E-state index contributed by atoms with van der Waals surface area (Å²) in [5.41, 5.74) is 3.55. The highest BCUT2D eigenvalue weighted by Gasteiger charge is 2.15. The highest BCUT2D eigenvalue weighted by Crippen LogP contribution is 2.30. The number of hydrogen-bond donors (Lipinski definition) is 1. The molecule has 0 bridgehead atoms. The Balaban J connectivity index is 2.13. The fourth-order valence-corrected chi connectivity index (χ4v) is 3.64. The molecule has 0 fully saturated rings. The van der Waals surface area contributed by atoms with Crippen LogP contribution in [0.2, 0.25) is 0 Å². The summed E-state index contributed by atoms with van der Waals surface area (Å²) < 4.78 is 37.9. The van der Waals surface area contributed by atoms with Crippen LogP contribution < -0.4 is 14.2 Å². The third-order valence-electron chi connectivity index (χ3n) is 3.93. The second kappa shape index (κ2) is 7.68. The van der Waals surface area contributed by atoms with Crippen LogP contribution in [0.3, 0.4) is 0 Å². The molecule has 2 aromatic rings. The lowest BCUT2D eigenvalue weighted by Crippen LogP contribution is -2.25. The Labute approximate surface area is 143 Å². The molecule has 1 N–H and O–H groups in total. The fourth-order valence-electron chi connectivity index (χ4n) is 2.43. The van der Waals surface area contributed by atoms with Crippen molar-refractivity contribution in [3.63, 3.8) is 0 Å². The van der Waals surface area contributed by atoms with Crippen molar-refractivity contribution in [1.29, 1.82) is 0 Å². The second-order valence-corrected chi connectivity index (χ2v) is 7.45. The topological polar surface area (TPSA) is 64.6 Å². The summed E-state index contributed by atoms with van der Waals surface area (Å²) in [5, 5.41) is 0. The van der Waals surface area contributed by atoms with Gasteiger partial charge in [-0.1, -0.05) is 24.3 Å². The van der Waals surface area contributed by atoms with E-state index in [1.165, 1.54) is 0 Å². The molecule has 0 spiro atoms. The Kier molecular flexibility index (Phi) is 5.85. The number of sulfonamides is 1. The maximum absolute atomic E-state index is 12.3. The maximum atomic E-state index is 12.3. The molecule has 0 heterocycles. The normalized spacial score (nSPS) is 11.3. The van der Waals surface area contributed by atoms with Crippen molar-refractivity contribution in [2.75, 3.05) is 14.2 Å². The van der Waals surface area contributed by atoms with Gasteiger partial charge < -0.3 is 9.47 Å². The van der Waals surface area contributed by atoms with Crippen molar-refractivity contribution in [3.05, 3.63) is 58.7 Å². The largest absolute Gasteiger partial charge is 0.493 e. The van der Waals surface area contributed by atoms with Crippen LogP contribution >= 0.6 is 0 Å². The highest BCUT2D eigenvalue weighted by molar-refractivity contribution is 7.88. The molecule has 0 amide bonds. The molecule has 0 aliphatic heterocycles. The van der Waals surface area contributed by atoms with Crippen LogP contribution in [0.25, 0.3) is 0 Å². The molecule has 2 rings (SSSR count). The molecule has 5 nitrogen and oxygen atoms in total. The van der Waals surface area contributed by atoms with E-state index in [2.05, 4.69) is 4.72 Å². The van der Waals surface area contributed by atoms with Crippen molar-refractivity contribution in [2.24, 2.45) is 0 Å². The minimum Gasteiger partial charge on any atom is -0.493 e. The summed E-state index contributed by atoms with van der Waals surface area (Å²) in [5.74, 6) is 1.17. The van der Waals surface area contributed by atoms with Gasteiger partial charge >= 0.3 is 0 Å². The zero-order valence-corrected chi connectivity index (χ0v) is 15.2. The molecule has 130 valence electrons. The molecule has 2 aromatic carbocycles. The van der Waals surface area contributed by atoms with E-state index in [1.54, 1.807) is 20.3 Å². The molecule has 0 unspecified atom stereocenters. The van der Waals surface area contributed by atoms with Gasteiger partial charge in [0.1, 0.15) is 0 Å². The van der Waals surface area contributed by atoms with Crippen LogP contribution in [0.5, 0.6) is 11.5 Å². The molecular weight excluding hydrogens is 326 g/mol. The quantitative estimate of drug-likeness (QED) is 0.835. The third kappa shape index (κ3) is 4.49. The van der Waals surface area contributed by atoms with Crippen molar-refractivity contribution < 1.29 is 17.9 Å². The van der Waals surface area contributed by atoms with Gasteiger partial charge in [0.15, 0.2) is 11.5 Å². The van der Waals surface area contributed by atoms with Crippen LogP contribution in [0.15, 0.2) is 36.4 Å². The van der Waals surface area contributed by atoms with Gasteiger partial charge in [0.25, 0.3) is 0 Å². The Morgan fingerprint density at radius 2 is 1.54 bits per heavy atom. The minimum atomic E-state index is -3.43. The average Bonchev–Trinajstić information content (AvgIpc) is 2.55. The van der Waals surface area contributed by atoms with Gasteiger partial charge in [-0.25, -0.2) is 13.1 Å². The van der Waals surface area contributed by atoms with Crippen LogP contribution in [0, 0.1) is 13.8 Å². The summed E-state index contributed by atoms with van der Waals surface area (Å²) in [6.07, 6.45) is 0. The van der Waals surface area contributed by atoms with Crippen molar-refractivity contribution in [1.82, 2.24) is 4.72 Å². The maximum Gasteiger partial charge on any atom is 0.216 e. The number of benzene rings is 2. The molecule has 0 saturated carbocycles. The summed E-state index contributed by atoms with van der Waals surface area (Å²) in [7, 11) is -0.303. The highest BCUT2D eigenvalue weighted by atomic mass is 32.2. The summed E-state index contributed by atoms with van der Waals surface area (Å²) in [4.78, 5) is 0. The van der Waals surface area contributed by atoms with Crippen LogP contribution in [0.4, 0.5) is 0 Å². The number of nitrogens with one attached hydrogen (secondary N) is 1. The smallest absolute Gasteiger partial charge is 0.216 e. The number of rotatable bonds is 7. The van der Waals surface area contributed by atoms with Gasteiger partial charge in [-0.05, 0) is 48.2 Å². The van der Waals surface area contributed by atoms with Crippen molar-refractivity contribution >= 4 is 10.0 Å². The van der Waals surface area contributed by atoms with E-state index in [4.69, 9.17) is 9.47 Å². The van der Waals surface area contributed by atoms with E-state index in [-0.39, 0.29) is 12.3 Å². The number of hydrogen-bond acceptors (Lipinski definition) is 4. The fraction of sp³-hybridized carbons (Fsp3) is 0.333.